The lowest BCUT2D eigenvalue weighted by molar-refractivity contribution is 0.102. The van der Waals surface area contributed by atoms with Crippen molar-refractivity contribution in [2.75, 3.05) is 12.4 Å². The van der Waals surface area contributed by atoms with Crippen LogP contribution in [0, 0.1) is 0 Å². The first-order valence-electron chi connectivity index (χ1n) is 6.12. The van der Waals surface area contributed by atoms with E-state index >= 15 is 0 Å². The van der Waals surface area contributed by atoms with Crippen molar-refractivity contribution >= 4 is 35.8 Å². The lowest BCUT2D eigenvalue weighted by Gasteiger charge is -2.09. The normalized spacial score (nSPS) is 10.1. The fraction of sp³-hybridized carbons (Fsp3) is 0.0714. The first-order valence-corrected chi connectivity index (χ1v) is 6.50. The van der Waals surface area contributed by atoms with Gasteiger partial charge in [-0.05, 0) is 42.5 Å². The number of amides is 1. The summed E-state index contributed by atoms with van der Waals surface area (Å²) in [5.41, 5.74) is 0.958. The first-order chi connectivity index (χ1) is 10.0. The molecule has 2 aromatic rings. The van der Waals surface area contributed by atoms with E-state index in [0.717, 1.165) is 0 Å². The zero-order valence-electron chi connectivity index (χ0n) is 11.2. The molecular formula is C14H13BClNO4. The van der Waals surface area contributed by atoms with Gasteiger partial charge in [-0.1, -0.05) is 11.6 Å². The third-order valence-corrected chi connectivity index (χ3v) is 3.23. The first kappa shape index (κ1) is 15.4. The third kappa shape index (κ3) is 3.75. The molecule has 0 bridgehead atoms. The van der Waals surface area contributed by atoms with Gasteiger partial charge >= 0.3 is 7.12 Å². The summed E-state index contributed by atoms with van der Waals surface area (Å²) in [5, 5.41) is 21.2. The quantitative estimate of drug-likeness (QED) is 0.744. The van der Waals surface area contributed by atoms with E-state index in [0.29, 0.717) is 11.4 Å². The number of hydrogen-bond donors (Lipinski definition) is 3. The number of anilines is 1. The molecule has 0 saturated heterocycles. The average molecular weight is 306 g/mol. The van der Waals surface area contributed by atoms with Gasteiger partial charge < -0.3 is 20.1 Å². The SMILES string of the molecule is COc1ccc(NC(=O)c2ccc(Cl)c(B(O)O)c2)cc1. The summed E-state index contributed by atoms with van der Waals surface area (Å²) in [6, 6.07) is 11.1. The van der Waals surface area contributed by atoms with Crippen LogP contribution in [0.1, 0.15) is 10.4 Å². The Kier molecular flexibility index (Phi) is 4.85. The maximum Gasteiger partial charge on any atom is 0.489 e. The fourth-order valence-electron chi connectivity index (χ4n) is 1.76. The maximum absolute atomic E-state index is 12.1. The van der Waals surface area contributed by atoms with Crippen LogP contribution in [0.5, 0.6) is 5.75 Å². The van der Waals surface area contributed by atoms with E-state index in [4.69, 9.17) is 16.3 Å². The van der Waals surface area contributed by atoms with Crippen LogP contribution in [0.2, 0.25) is 5.02 Å². The smallest absolute Gasteiger partial charge is 0.489 e. The van der Waals surface area contributed by atoms with E-state index in [1.165, 1.54) is 18.2 Å². The van der Waals surface area contributed by atoms with Crippen molar-refractivity contribution in [3.8, 4) is 5.75 Å². The lowest BCUT2D eigenvalue weighted by atomic mass is 9.79. The molecule has 0 atom stereocenters. The second kappa shape index (κ2) is 6.63. The van der Waals surface area contributed by atoms with Gasteiger partial charge in [-0.15, -0.1) is 0 Å². The molecule has 0 heterocycles. The summed E-state index contributed by atoms with van der Waals surface area (Å²) in [7, 11) is -0.172. The number of benzene rings is 2. The summed E-state index contributed by atoms with van der Waals surface area (Å²) < 4.78 is 5.03. The average Bonchev–Trinajstić information content (AvgIpc) is 2.48. The molecule has 7 heteroatoms. The zero-order valence-corrected chi connectivity index (χ0v) is 12.0. The molecule has 0 aliphatic rings. The van der Waals surface area contributed by atoms with Crippen LogP contribution in [0.3, 0.4) is 0 Å². The highest BCUT2D eigenvalue weighted by Gasteiger charge is 2.17. The van der Waals surface area contributed by atoms with E-state index in [1.54, 1.807) is 31.4 Å². The number of carbonyl (C=O) groups is 1. The number of carbonyl (C=O) groups excluding carboxylic acids is 1. The van der Waals surface area contributed by atoms with Crippen LogP contribution in [0.25, 0.3) is 0 Å². The molecular weight excluding hydrogens is 292 g/mol. The standard InChI is InChI=1S/C14H13BClNO4/c1-21-11-5-3-10(4-6-11)17-14(18)9-2-7-13(16)12(8-9)15(19)20/h2-8,19-20H,1H3,(H,17,18). The predicted octanol–water partition coefficient (Wildman–Crippen LogP) is 1.28. The van der Waals surface area contributed by atoms with Gasteiger partial charge in [0.15, 0.2) is 0 Å². The van der Waals surface area contributed by atoms with Crippen molar-refractivity contribution in [3.63, 3.8) is 0 Å². The number of nitrogens with one attached hydrogen (secondary N) is 1. The molecule has 108 valence electrons. The van der Waals surface area contributed by atoms with Crippen LogP contribution in [-0.2, 0) is 0 Å². The molecule has 0 fully saturated rings. The molecule has 0 aliphatic carbocycles. The van der Waals surface area contributed by atoms with Gasteiger partial charge in [0.2, 0.25) is 0 Å². The maximum atomic E-state index is 12.1. The van der Waals surface area contributed by atoms with E-state index in [1.807, 2.05) is 0 Å². The Morgan fingerprint density at radius 3 is 2.43 bits per heavy atom. The Bertz CT molecular complexity index is 646. The summed E-state index contributed by atoms with van der Waals surface area (Å²) >= 11 is 5.82. The molecule has 3 N–H and O–H groups in total. The molecule has 0 aromatic heterocycles. The Labute approximate surface area is 127 Å². The predicted molar refractivity (Wildman–Crippen MR) is 82.2 cm³/mol. The Morgan fingerprint density at radius 1 is 1.19 bits per heavy atom. The summed E-state index contributed by atoms with van der Waals surface area (Å²) in [6.07, 6.45) is 0. The van der Waals surface area contributed by atoms with Gasteiger partial charge in [0, 0.05) is 21.7 Å². The third-order valence-electron chi connectivity index (χ3n) is 2.88. The highest BCUT2D eigenvalue weighted by molar-refractivity contribution is 6.62. The van der Waals surface area contributed by atoms with Crippen LogP contribution < -0.4 is 15.5 Å². The van der Waals surface area contributed by atoms with E-state index in [9.17, 15) is 14.8 Å². The van der Waals surface area contributed by atoms with Gasteiger partial charge in [-0.25, -0.2) is 0 Å². The molecule has 0 radical (unpaired) electrons. The topological polar surface area (TPSA) is 78.8 Å². The van der Waals surface area contributed by atoms with Crippen molar-refractivity contribution in [3.05, 3.63) is 53.1 Å². The fourth-order valence-corrected chi connectivity index (χ4v) is 1.98. The Hall–Kier alpha value is -2.02. The van der Waals surface area contributed by atoms with Crippen molar-refractivity contribution in [2.45, 2.75) is 0 Å². The highest BCUT2D eigenvalue weighted by atomic mass is 35.5. The van der Waals surface area contributed by atoms with Crippen molar-refractivity contribution in [1.82, 2.24) is 0 Å². The molecule has 5 nitrogen and oxygen atoms in total. The highest BCUT2D eigenvalue weighted by Crippen LogP contribution is 2.16. The van der Waals surface area contributed by atoms with Crippen molar-refractivity contribution < 1.29 is 19.6 Å². The van der Waals surface area contributed by atoms with Gasteiger partial charge in [0.05, 0.1) is 7.11 Å². The summed E-state index contributed by atoms with van der Waals surface area (Å²) in [5.74, 6) is 0.309. The van der Waals surface area contributed by atoms with E-state index < -0.39 is 7.12 Å². The lowest BCUT2D eigenvalue weighted by Crippen LogP contribution is -2.31. The minimum absolute atomic E-state index is 0.0825. The van der Waals surface area contributed by atoms with Crippen molar-refractivity contribution in [2.24, 2.45) is 0 Å². The van der Waals surface area contributed by atoms with Gasteiger partial charge in [0.1, 0.15) is 5.75 Å². The molecule has 1 amide bonds. The molecule has 0 aliphatic heterocycles. The second-order valence-electron chi connectivity index (χ2n) is 4.29. The number of ether oxygens (including phenoxy) is 1. The molecule has 0 spiro atoms. The molecule has 2 aromatic carbocycles. The molecule has 2 rings (SSSR count). The van der Waals surface area contributed by atoms with Crippen LogP contribution in [0.15, 0.2) is 42.5 Å². The Balaban J connectivity index is 2.17. The number of rotatable bonds is 4. The molecule has 0 unspecified atom stereocenters. The summed E-state index contributed by atoms with van der Waals surface area (Å²) in [4.78, 5) is 12.1. The number of halogens is 1. The molecule has 21 heavy (non-hydrogen) atoms. The van der Waals surface area contributed by atoms with E-state index in [-0.39, 0.29) is 22.0 Å². The largest absolute Gasteiger partial charge is 0.497 e. The monoisotopic (exact) mass is 305 g/mol. The van der Waals surface area contributed by atoms with Crippen LogP contribution in [-0.4, -0.2) is 30.2 Å². The van der Waals surface area contributed by atoms with Gasteiger partial charge in [0.25, 0.3) is 5.91 Å². The van der Waals surface area contributed by atoms with Crippen molar-refractivity contribution in [1.29, 1.82) is 0 Å². The van der Waals surface area contributed by atoms with Crippen LogP contribution in [0.4, 0.5) is 5.69 Å². The number of hydrogen-bond acceptors (Lipinski definition) is 4. The number of methoxy groups -OCH3 is 1. The minimum Gasteiger partial charge on any atom is -0.497 e. The molecule has 0 saturated carbocycles. The van der Waals surface area contributed by atoms with E-state index in [2.05, 4.69) is 5.32 Å². The van der Waals surface area contributed by atoms with Gasteiger partial charge in [-0.3, -0.25) is 4.79 Å². The summed E-state index contributed by atoms with van der Waals surface area (Å²) in [6.45, 7) is 0. The zero-order chi connectivity index (χ0) is 15.4. The minimum atomic E-state index is -1.73. The second-order valence-corrected chi connectivity index (χ2v) is 4.70. The van der Waals surface area contributed by atoms with Crippen LogP contribution >= 0.6 is 11.6 Å². The van der Waals surface area contributed by atoms with Gasteiger partial charge in [-0.2, -0.15) is 0 Å². The Morgan fingerprint density at radius 2 is 1.86 bits per heavy atom.